The summed E-state index contributed by atoms with van der Waals surface area (Å²) in [5, 5.41) is 9.76. The molecule has 40 heavy (non-hydrogen) atoms. The third-order valence-corrected chi connectivity index (χ3v) is 7.06. The van der Waals surface area contributed by atoms with Gasteiger partial charge in [-0.05, 0) is 24.6 Å². The Morgan fingerprint density at radius 3 is 2.52 bits per heavy atom. The van der Waals surface area contributed by atoms with Crippen molar-refractivity contribution in [3.8, 4) is 17.1 Å². The van der Waals surface area contributed by atoms with Gasteiger partial charge >= 0.3 is 0 Å². The molecule has 0 radical (unpaired) electrons. The molecule has 0 spiro atoms. The third kappa shape index (κ3) is 4.51. The van der Waals surface area contributed by atoms with Crippen LogP contribution in [0.5, 0.6) is 5.88 Å². The molecule has 202 valence electrons. The maximum absolute atomic E-state index is 14.9. The summed E-state index contributed by atoms with van der Waals surface area (Å²) in [6.45, 7) is 2.89. The van der Waals surface area contributed by atoms with Gasteiger partial charge in [-0.3, -0.25) is 9.59 Å². The van der Waals surface area contributed by atoms with Gasteiger partial charge in [-0.2, -0.15) is 5.10 Å². The van der Waals surface area contributed by atoms with E-state index < -0.39 is 29.6 Å². The predicted octanol–water partition coefficient (Wildman–Crippen LogP) is 4.79. The molecular weight excluding hydrogens is 516 g/mol. The Morgan fingerprint density at radius 2 is 1.75 bits per heavy atom. The molecule has 0 saturated carbocycles. The molecule has 0 saturated heterocycles. The average molecular weight is 542 g/mol. The number of carbonyl (C=O) groups excluding carboxylic acids is 2. The van der Waals surface area contributed by atoms with E-state index in [4.69, 9.17) is 4.74 Å². The normalized spacial score (nSPS) is 18.0. The van der Waals surface area contributed by atoms with Crippen LogP contribution in [-0.2, 0) is 11.3 Å². The van der Waals surface area contributed by atoms with Crippen molar-refractivity contribution < 1.29 is 23.1 Å². The molecule has 1 aromatic heterocycles. The number of fused-ring (bicyclic) bond motifs is 2. The Hall–Kier alpha value is -4.86. The Morgan fingerprint density at radius 1 is 1.02 bits per heavy atom. The summed E-state index contributed by atoms with van der Waals surface area (Å²) >= 11 is 0. The second kappa shape index (κ2) is 10.4. The number of nitrogens with zero attached hydrogens (tertiary/aromatic N) is 3. The summed E-state index contributed by atoms with van der Waals surface area (Å²) in [5.41, 5.74) is 1.52. The van der Waals surface area contributed by atoms with Gasteiger partial charge in [-0.15, -0.1) is 0 Å². The molecule has 2 aliphatic heterocycles. The van der Waals surface area contributed by atoms with Crippen molar-refractivity contribution in [2.75, 3.05) is 11.9 Å². The van der Waals surface area contributed by atoms with Crippen molar-refractivity contribution in [1.82, 2.24) is 15.1 Å². The van der Waals surface area contributed by atoms with Gasteiger partial charge in [0.1, 0.15) is 22.9 Å². The van der Waals surface area contributed by atoms with Gasteiger partial charge in [-0.1, -0.05) is 61.5 Å². The van der Waals surface area contributed by atoms with Gasteiger partial charge < -0.3 is 15.4 Å². The van der Waals surface area contributed by atoms with Gasteiger partial charge in [0.2, 0.25) is 12.0 Å². The van der Waals surface area contributed by atoms with Crippen LogP contribution in [-0.4, -0.2) is 40.1 Å². The lowest BCUT2D eigenvalue weighted by molar-refractivity contribution is -0.117. The van der Waals surface area contributed by atoms with Gasteiger partial charge in [0.15, 0.2) is 0 Å². The molecule has 2 N–H and O–H groups in total. The minimum Gasteiger partial charge on any atom is -0.477 e. The number of para-hydroxylation sites is 1. The lowest BCUT2D eigenvalue weighted by Gasteiger charge is -2.23. The van der Waals surface area contributed by atoms with E-state index in [-0.39, 0.29) is 34.3 Å². The van der Waals surface area contributed by atoms with E-state index in [2.05, 4.69) is 20.7 Å². The van der Waals surface area contributed by atoms with Gasteiger partial charge in [0.25, 0.3) is 11.8 Å². The van der Waals surface area contributed by atoms with E-state index >= 15 is 0 Å². The van der Waals surface area contributed by atoms with Crippen LogP contribution in [0.15, 0.2) is 77.8 Å². The zero-order valence-electron chi connectivity index (χ0n) is 21.5. The standard InChI is InChI=1S/C30H25F2N5O3/c1-2-17-15-37-30(40-16-17)23(26(36-37)19-11-6-7-13-21(19)31)28(38)35-27-29(39)34-25-20(12-8-14-22(25)32)24(33-27)18-9-4-3-5-10-18/h3-14,17,27H,2,15-16H2,1H3,(H,34,39)(H,35,38)/t17?,27-/m1/s1. The van der Waals surface area contributed by atoms with E-state index in [1.54, 1.807) is 47.1 Å². The summed E-state index contributed by atoms with van der Waals surface area (Å²) in [7, 11) is 0. The fourth-order valence-electron chi connectivity index (χ4n) is 4.92. The lowest BCUT2D eigenvalue weighted by atomic mass is 10.0. The molecule has 3 heterocycles. The first-order valence-electron chi connectivity index (χ1n) is 13.0. The maximum atomic E-state index is 14.9. The van der Waals surface area contributed by atoms with Gasteiger partial charge in [-0.25, -0.2) is 18.5 Å². The van der Waals surface area contributed by atoms with E-state index in [1.807, 2.05) is 13.0 Å². The van der Waals surface area contributed by atoms with Crippen LogP contribution in [0.4, 0.5) is 14.5 Å². The molecule has 3 aromatic carbocycles. The van der Waals surface area contributed by atoms with Gasteiger partial charge in [0.05, 0.1) is 24.6 Å². The SMILES string of the molecule is CCC1COc2c(C(=O)N[C@H]3N=C(c4ccccc4)c4cccc(F)c4NC3=O)c(-c3ccccc3F)nn2C1. The highest BCUT2D eigenvalue weighted by molar-refractivity contribution is 6.20. The lowest BCUT2D eigenvalue weighted by Crippen LogP contribution is -2.42. The van der Waals surface area contributed by atoms with Crippen LogP contribution in [0.25, 0.3) is 11.3 Å². The summed E-state index contributed by atoms with van der Waals surface area (Å²) < 4.78 is 37.2. The highest BCUT2D eigenvalue weighted by Crippen LogP contribution is 2.35. The van der Waals surface area contributed by atoms with E-state index in [1.165, 1.54) is 24.3 Å². The fourth-order valence-corrected chi connectivity index (χ4v) is 4.92. The number of amides is 2. The highest BCUT2D eigenvalue weighted by Gasteiger charge is 2.35. The molecule has 0 bridgehead atoms. The average Bonchev–Trinajstić information content (AvgIpc) is 3.28. The highest BCUT2D eigenvalue weighted by atomic mass is 19.1. The minimum atomic E-state index is -1.43. The van der Waals surface area contributed by atoms with Crippen LogP contribution >= 0.6 is 0 Å². The first-order chi connectivity index (χ1) is 19.4. The van der Waals surface area contributed by atoms with Crippen LogP contribution in [0.3, 0.4) is 0 Å². The number of aromatic nitrogens is 2. The van der Waals surface area contributed by atoms with Crippen LogP contribution in [0, 0.1) is 17.6 Å². The van der Waals surface area contributed by atoms with Crippen LogP contribution in [0.1, 0.15) is 34.8 Å². The molecule has 8 nitrogen and oxygen atoms in total. The smallest absolute Gasteiger partial charge is 0.269 e. The monoisotopic (exact) mass is 541 g/mol. The van der Waals surface area contributed by atoms with Crippen LogP contribution < -0.4 is 15.4 Å². The fraction of sp³-hybridized carbons (Fsp3) is 0.200. The van der Waals surface area contributed by atoms with E-state index in [0.717, 1.165) is 6.42 Å². The number of rotatable bonds is 5. The number of halogens is 2. The van der Waals surface area contributed by atoms with Crippen LogP contribution in [0.2, 0.25) is 0 Å². The largest absolute Gasteiger partial charge is 0.477 e. The molecule has 0 aliphatic carbocycles. The molecule has 4 aromatic rings. The number of benzene rings is 3. The maximum Gasteiger partial charge on any atom is 0.269 e. The quantitative estimate of drug-likeness (QED) is 0.380. The Labute approximate surface area is 228 Å². The number of hydrogen-bond acceptors (Lipinski definition) is 5. The Kier molecular flexibility index (Phi) is 6.59. The molecule has 6 rings (SSSR count). The number of benzodiazepines with no additional fused rings is 1. The van der Waals surface area contributed by atoms with Gasteiger partial charge in [0, 0.05) is 22.6 Å². The molecule has 10 heteroatoms. The van der Waals surface area contributed by atoms with Crippen molar-refractivity contribution in [3.63, 3.8) is 0 Å². The van der Waals surface area contributed by atoms with E-state index in [9.17, 15) is 18.4 Å². The molecular formula is C30H25F2N5O3. The second-order valence-electron chi connectivity index (χ2n) is 9.65. The number of anilines is 1. The van der Waals surface area contributed by atoms with E-state index in [0.29, 0.717) is 30.0 Å². The summed E-state index contributed by atoms with van der Waals surface area (Å²) in [6, 6.07) is 19.4. The number of aliphatic imine (C=N–C) groups is 1. The first-order valence-corrected chi connectivity index (χ1v) is 13.0. The zero-order valence-corrected chi connectivity index (χ0v) is 21.5. The first kappa shape index (κ1) is 25.4. The predicted molar refractivity (Wildman–Crippen MR) is 145 cm³/mol. The molecule has 2 atom stereocenters. The van der Waals surface area contributed by atoms with Crippen molar-refractivity contribution in [3.05, 3.63) is 101 Å². The molecule has 2 amide bonds. The Bertz CT molecular complexity index is 1650. The number of carbonyl (C=O) groups is 2. The molecule has 2 aliphatic rings. The van der Waals surface area contributed by atoms with Crippen molar-refractivity contribution in [1.29, 1.82) is 0 Å². The number of hydrogen-bond donors (Lipinski definition) is 2. The topological polar surface area (TPSA) is 97.6 Å². The molecule has 0 fully saturated rings. The number of ether oxygens (including phenoxy) is 1. The second-order valence-corrected chi connectivity index (χ2v) is 9.65. The third-order valence-electron chi connectivity index (χ3n) is 7.06. The summed E-state index contributed by atoms with van der Waals surface area (Å²) in [4.78, 5) is 31.7. The summed E-state index contributed by atoms with van der Waals surface area (Å²) in [5.74, 6) is -2.27. The molecule has 1 unspecified atom stereocenters. The Balaban J connectivity index is 1.43. The van der Waals surface area contributed by atoms with Crippen molar-refractivity contribution in [2.24, 2.45) is 10.9 Å². The zero-order chi connectivity index (χ0) is 27.8. The minimum absolute atomic E-state index is 0.00291. The summed E-state index contributed by atoms with van der Waals surface area (Å²) in [6.07, 6.45) is -0.586. The van der Waals surface area contributed by atoms with Crippen molar-refractivity contribution >= 4 is 23.2 Å². The number of nitrogens with one attached hydrogen (secondary N) is 2. The van der Waals surface area contributed by atoms with Crippen molar-refractivity contribution in [2.45, 2.75) is 26.1 Å².